The third-order valence-electron chi connectivity index (χ3n) is 1.76. The highest BCUT2D eigenvalue weighted by Crippen LogP contribution is 2.14. The van der Waals surface area contributed by atoms with E-state index in [1.165, 1.54) is 0 Å². The van der Waals surface area contributed by atoms with Crippen molar-refractivity contribution in [3.8, 4) is 0 Å². The highest BCUT2D eigenvalue weighted by atomic mass is 16.6. The van der Waals surface area contributed by atoms with Gasteiger partial charge in [-0.3, -0.25) is 0 Å². The molecule has 0 bridgehead atoms. The number of nitrogens with zero attached hydrogens (tertiary/aromatic N) is 1. The number of hydrogen-bond acceptors (Lipinski definition) is 4. The van der Waals surface area contributed by atoms with Gasteiger partial charge in [0.2, 0.25) is 0 Å². The summed E-state index contributed by atoms with van der Waals surface area (Å²) < 4.78 is 5.21. The highest BCUT2D eigenvalue weighted by molar-refractivity contribution is 6.13. The van der Waals surface area contributed by atoms with Gasteiger partial charge >= 0.3 is 13.8 Å². The van der Waals surface area contributed by atoms with E-state index in [-0.39, 0.29) is 11.7 Å². The van der Waals surface area contributed by atoms with Gasteiger partial charge in [-0.1, -0.05) is 0 Å². The van der Waals surface area contributed by atoms with Crippen LogP contribution >= 0.6 is 0 Å². The molecule has 1 heterocycles. The molecule has 1 saturated heterocycles. The minimum absolute atomic E-state index is 0.167. The van der Waals surface area contributed by atoms with Crippen LogP contribution in [0, 0.1) is 0 Å². The molecule has 1 rings (SSSR count). The molecule has 0 aromatic carbocycles. The van der Waals surface area contributed by atoms with Crippen LogP contribution in [0.5, 0.6) is 0 Å². The topological polar surface area (TPSA) is 70.0 Å². The Morgan fingerprint density at radius 1 is 1.27 bits per heavy atom. The fraction of sp³-hybridized carbons (Fsp3) is 0.889. The fourth-order valence-electron chi connectivity index (χ4n) is 1.23. The van der Waals surface area contributed by atoms with Crippen LogP contribution in [0.15, 0.2) is 0 Å². The molecule has 1 aliphatic heterocycles. The summed E-state index contributed by atoms with van der Waals surface area (Å²) in [4.78, 5) is 13.1. The van der Waals surface area contributed by atoms with Crippen molar-refractivity contribution in [2.24, 2.45) is 0 Å². The summed E-state index contributed by atoms with van der Waals surface area (Å²) in [7, 11) is -0.750. The summed E-state index contributed by atoms with van der Waals surface area (Å²) in [5.41, 5.74) is -0.361. The summed E-state index contributed by atoms with van der Waals surface area (Å²) in [6.07, 6.45) is 2.05. The second-order valence-corrected chi connectivity index (χ2v) is 4.32. The van der Waals surface area contributed by atoms with Gasteiger partial charge in [0.25, 0.3) is 0 Å². The molecule has 1 amide bonds. The van der Waals surface area contributed by atoms with E-state index in [2.05, 4.69) is 0 Å². The quantitative estimate of drug-likeness (QED) is 0.571. The largest absolute Gasteiger partial charge is 0.444 e. The first-order valence-electron chi connectivity index (χ1n) is 5.10. The minimum atomic E-state index is -0.750. The molecule has 5 nitrogen and oxygen atoms in total. The van der Waals surface area contributed by atoms with E-state index in [0.717, 1.165) is 25.9 Å². The molecule has 1 aliphatic rings. The lowest BCUT2D eigenvalue weighted by molar-refractivity contribution is 0.0295. The lowest BCUT2D eigenvalue weighted by atomic mass is 10.2. The van der Waals surface area contributed by atoms with Crippen molar-refractivity contribution in [1.29, 1.82) is 0 Å². The normalized spacial score (nSPS) is 15.4. The van der Waals surface area contributed by atoms with E-state index < -0.39 is 7.69 Å². The van der Waals surface area contributed by atoms with Gasteiger partial charge in [0.05, 0.1) is 0 Å². The molecule has 6 heteroatoms. The van der Waals surface area contributed by atoms with Gasteiger partial charge in [-0.25, -0.2) is 4.79 Å². The predicted molar refractivity (Wildman–Crippen MR) is 58.6 cm³/mol. The first-order valence-corrected chi connectivity index (χ1v) is 5.10. The molecule has 0 aromatic heterocycles. The van der Waals surface area contributed by atoms with Gasteiger partial charge in [-0.05, 0) is 33.6 Å². The van der Waals surface area contributed by atoms with Gasteiger partial charge in [0, 0.05) is 13.1 Å². The third-order valence-corrected chi connectivity index (χ3v) is 1.76. The lowest BCUT2D eigenvalue weighted by Gasteiger charge is -2.23. The molecule has 88 valence electrons. The van der Waals surface area contributed by atoms with E-state index >= 15 is 0 Å². The maximum absolute atomic E-state index is 11.4. The number of likely N-dealkylation sites (tertiary alicyclic amines) is 1. The monoisotopic (exact) mass is 217 g/mol. The van der Waals surface area contributed by atoms with Gasteiger partial charge in [0.15, 0.2) is 0 Å². The minimum Gasteiger partial charge on any atom is -0.444 e. The Labute approximate surface area is 91.3 Å². The van der Waals surface area contributed by atoms with Crippen LogP contribution in [0.3, 0.4) is 0 Å². The highest BCUT2D eigenvalue weighted by Gasteiger charge is 2.23. The Kier molecular flexibility index (Phi) is 6.35. The van der Waals surface area contributed by atoms with Crippen LogP contribution in [-0.4, -0.2) is 47.4 Å². The van der Waals surface area contributed by atoms with Crippen LogP contribution in [0.2, 0.25) is 0 Å². The number of amides is 1. The number of carbonyl (C=O) groups excluding carboxylic acids is 1. The zero-order valence-electron chi connectivity index (χ0n) is 9.69. The average Bonchev–Trinajstić information content (AvgIpc) is 2.53. The van der Waals surface area contributed by atoms with Crippen molar-refractivity contribution >= 4 is 13.8 Å². The maximum atomic E-state index is 11.4. The van der Waals surface area contributed by atoms with Gasteiger partial charge in [0.1, 0.15) is 5.60 Å². The fourth-order valence-corrected chi connectivity index (χ4v) is 1.23. The molecule has 0 atom stereocenters. The number of carbonyl (C=O) groups is 1. The van der Waals surface area contributed by atoms with Crippen LogP contribution in [0.1, 0.15) is 33.6 Å². The van der Waals surface area contributed by atoms with Crippen molar-refractivity contribution in [2.75, 3.05) is 13.1 Å². The van der Waals surface area contributed by atoms with Crippen molar-refractivity contribution in [1.82, 2.24) is 4.90 Å². The summed E-state index contributed by atoms with van der Waals surface area (Å²) in [6.45, 7) is 7.38. The van der Waals surface area contributed by atoms with E-state index in [1.807, 2.05) is 20.8 Å². The maximum Gasteiger partial charge on any atom is 0.432 e. The Hall–Kier alpha value is -0.745. The lowest BCUT2D eigenvalue weighted by Crippen LogP contribution is -2.34. The second kappa shape index (κ2) is 6.69. The van der Waals surface area contributed by atoms with Gasteiger partial charge in [-0.15, -0.1) is 0 Å². The van der Waals surface area contributed by atoms with Crippen molar-refractivity contribution in [3.63, 3.8) is 0 Å². The van der Waals surface area contributed by atoms with Crippen molar-refractivity contribution < 1.29 is 19.6 Å². The van der Waals surface area contributed by atoms with Gasteiger partial charge in [-0.2, -0.15) is 0 Å². The Morgan fingerprint density at radius 3 is 2.00 bits per heavy atom. The van der Waals surface area contributed by atoms with Crippen LogP contribution in [0.4, 0.5) is 4.79 Å². The van der Waals surface area contributed by atoms with Crippen molar-refractivity contribution in [3.05, 3.63) is 0 Å². The molecule has 0 unspecified atom stereocenters. The number of rotatable bonds is 0. The summed E-state index contributed by atoms with van der Waals surface area (Å²) in [6, 6.07) is 0. The Bertz CT molecular complexity index is 187. The van der Waals surface area contributed by atoms with E-state index in [1.54, 1.807) is 4.90 Å². The molecule has 0 spiro atoms. The Morgan fingerprint density at radius 2 is 1.67 bits per heavy atom. The number of ether oxygens (including phenoxy) is 1. The smallest absolute Gasteiger partial charge is 0.432 e. The summed E-state index contributed by atoms with van der Waals surface area (Å²) in [5, 5.41) is 14.2. The second-order valence-electron chi connectivity index (χ2n) is 4.32. The molecular weight excluding hydrogens is 197 g/mol. The van der Waals surface area contributed by atoms with E-state index in [9.17, 15) is 4.79 Å². The first kappa shape index (κ1) is 14.3. The van der Waals surface area contributed by atoms with E-state index in [4.69, 9.17) is 14.8 Å². The van der Waals surface area contributed by atoms with E-state index in [0.29, 0.717) is 0 Å². The summed E-state index contributed by atoms with van der Waals surface area (Å²) >= 11 is 0. The SMILES string of the molecule is CC(C)(C)OC(=O)N1CCCC1.OBO. The zero-order chi connectivity index (χ0) is 11.9. The third kappa shape index (κ3) is 7.22. The zero-order valence-corrected chi connectivity index (χ0v) is 9.69. The average molecular weight is 217 g/mol. The van der Waals surface area contributed by atoms with Crippen LogP contribution in [-0.2, 0) is 4.74 Å². The molecule has 0 aromatic rings. The molecular formula is C9H20BNO4. The van der Waals surface area contributed by atoms with Crippen molar-refractivity contribution in [2.45, 2.75) is 39.2 Å². The molecule has 0 aliphatic carbocycles. The standard InChI is InChI=1S/C9H17NO2.BH3O2/c1-9(2,3)12-8(11)10-6-4-5-7-10;2-1-3/h4-7H2,1-3H3;1-3H. The molecule has 15 heavy (non-hydrogen) atoms. The first-order chi connectivity index (χ1) is 6.90. The molecule has 1 fully saturated rings. The predicted octanol–water partition coefficient (Wildman–Crippen LogP) is 0.255. The molecule has 2 N–H and O–H groups in total. The molecule has 0 saturated carbocycles. The van der Waals surface area contributed by atoms with Crippen LogP contribution < -0.4 is 0 Å². The molecule has 0 radical (unpaired) electrons. The summed E-state index contributed by atoms with van der Waals surface area (Å²) in [5.74, 6) is 0. The van der Waals surface area contributed by atoms with Crippen LogP contribution in [0.25, 0.3) is 0 Å². The van der Waals surface area contributed by atoms with Gasteiger partial charge < -0.3 is 19.7 Å². The number of hydrogen-bond donors (Lipinski definition) is 2. The Balaban J connectivity index is 0.000000583.